The van der Waals surface area contributed by atoms with Gasteiger partial charge in [-0.1, -0.05) is 12.8 Å². The lowest BCUT2D eigenvalue weighted by Crippen LogP contribution is -2.54. The quantitative estimate of drug-likeness (QED) is 0.812. The minimum absolute atomic E-state index is 0.0741. The number of morpholine rings is 1. The Morgan fingerprint density at radius 1 is 1.38 bits per heavy atom. The Morgan fingerprint density at radius 3 is 2.52 bits per heavy atom. The van der Waals surface area contributed by atoms with Crippen molar-refractivity contribution in [3.63, 3.8) is 0 Å². The maximum atomic E-state index is 13.3. The predicted octanol–water partition coefficient (Wildman–Crippen LogP) is 0.927. The van der Waals surface area contributed by atoms with Crippen molar-refractivity contribution in [2.24, 2.45) is 5.41 Å². The van der Waals surface area contributed by atoms with Crippen molar-refractivity contribution in [1.29, 1.82) is 0 Å². The van der Waals surface area contributed by atoms with Gasteiger partial charge in [0, 0.05) is 12.0 Å². The highest BCUT2D eigenvalue weighted by molar-refractivity contribution is 7.89. The van der Waals surface area contributed by atoms with Crippen molar-refractivity contribution >= 4 is 16.0 Å². The van der Waals surface area contributed by atoms with Crippen LogP contribution in [0.3, 0.4) is 0 Å². The van der Waals surface area contributed by atoms with E-state index in [1.165, 1.54) is 0 Å². The summed E-state index contributed by atoms with van der Waals surface area (Å²) in [6.45, 7) is -0.292. The van der Waals surface area contributed by atoms with Crippen LogP contribution >= 0.6 is 0 Å². The Hall–Kier alpha value is -0.800. The first kappa shape index (κ1) is 16.6. The van der Waals surface area contributed by atoms with E-state index in [-0.39, 0.29) is 32.6 Å². The molecule has 0 radical (unpaired) electrons. The highest BCUT2D eigenvalue weighted by Crippen LogP contribution is 2.44. The first-order chi connectivity index (χ1) is 9.78. The molecule has 9 heteroatoms. The van der Waals surface area contributed by atoms with E-state index in [2.05, 4.69) is 0 Å². The van der Waals surface area contributed by atoms with E-state index < -0.39 is 39.6 Å². The largest absolute Gasteiger partial charge is 0.480 e. The zero-order valence-electron chi connectivity index (χ0n) is 11.5. The van der Waals surface area contributed by atoms with Crippen LogP contribution in [0.4, 0.5) is 8.78 Å². The zero-order chi connectivity index (χ0) is 15.7. The van der Waals surface area contributed by atoms with E-state index in [1.54, 1.807) is 0 Å². The van der Waals surface area contributed by atoms with Crippen LogP contribution in [0.25, 0.3) is 0 Å². The maximum absolute atomic E-state index is 13.3. The molecule has 1 saturated heterocycles. The highest BCUT2D eigenvalue weighted by Gasteiger charge is 2.49. The summed E-state index contributed by atoms with van der Waals surface area (Å²) in [4.78, 5) is 11.1. The molecule has 2 fully saturated rings. The number of rotatable bonds is 5. The van der Waals surface area contributed by atoms with Crippen LogP contribution in [0, 0.1) is 5.41 Å². The third kappa shape index (κ3) is 3.35. The summed E-state index contributed by atoms with van der Waals surface area (Å²) < 4.78 is 57.3. The number of ether oxygens (including phenoxy) is 1. The first-order valence-electron chi connectivity index (χ1n) is 6.87. The summed E-state index contributed by atoms with van der Waals surface area (Å²) in [5.74, 6) is -2.02. The molecule has 6 nitrogen and oxygen atoms in total. The molecule has 122 valence electrons. The van der Waals surface area contributed by atoms with Gasteiger partial charge >= 0.3 is 5.97 Å². The topological polar surface area (TPSA) is 83.9 Å². The molecule has 1 aliphatic heterocycles. The maximum Gasteiger partial charge on any atom is 0.324 e. The van der Waals surface area contributed by atoms with E-state index in [0.717, 1.165) is 4.31 Å². The Morgan fingerprint density at radius 2 is 2.00 bits per heavy atom. The zero-order valence-corrected chi connectivity index (χ0v) is 12.3. The van der Waals surface area contributed by atoms with Gasteiger partial charge in [-0.15, -0.1) is 0 Å². The van der Waals surface area contributed by atoms with Crippen LogP contribution < -0.4 is 0 Å². The van der Waals surface area contributed by atoms with Gasteiger partial charge in [0.15, 0.2) is 0 Å². The highest BCUT2D eigenvalue weighted by atomic mass is 32.2. The average Bonchev–Trinajstić information content (AvgIpc) is 2.88. The lowest BCUT2D eigenvalue weighted by Gasteiger charge is -2.35. The third-order valence-electron chi connectivity index (χ3n) is 4.25. The average molecular weight is 327 g/mol. The fraction of sp³-hybridized carbons (Fsp3) is 0.917. The molecule has 21 heavy (non-hydrogen) atoms. The van der Waals surface area contributed by atoms with Gasteiger partial charge in [0.1, 0.15) is 6.04 Å². The number of halogens is 2. The molecule has 1 heterocycles. The lowest BCUT2D eigenvalue weighted by atomic mass is 9.89. The smallest absolute Gasteiger partial charge is 0.324 e. The number of carboxylic acid groups (broad SMARTS) is 1. The van der Waals surface area contributed by atoms with Crippen LogP contribution in [-0.2, 0) is 19.6 Å². The van der Waals surface area contributed by atoms with Crippen molar-refractivity contribution in [3.05, 3.63) is 0 Å². The van der Waals surface area contributed by atoms with Gasteiger partial charge in [0.2, 0.25) is 16.4 Å². The molecule has 0 aromatic rings. The number of nitrogens with zero attached hydrogens (tertiary/aromatic N) is 1. The first-order valence-corrected chi connectivity index (χ1v) is 8.48. The fourth-order valence-corrected chi connectivity index (χ4v) is 5.27. The Balaban J connectivity index is 2.22. The number of sulfonamides is 1. The second kappa shape index (κ2) is 6.13. The van der Waals surface area contributed by atoms with Gasteiger partial charge < -0.3 is 9.84 Å². The third-order valence-corrected chi connectivity index (χ3v) is 6.35. The molecule has 0 bridgehead atoms. The summed E-state index contributed by atoms with van der Waals surface area (Å²) in [6, 6.07) is -1.33. The standard InChI is InChI=1S/C12H19F2NO5S/c13-11(14)12(3-1-2-4-12)8-21(18,19)15-5-6-20-7-9(15)10(16)17/h9,11H,1-8H2,(H,16,17). The van der Waals surface area contributed by atoms with Crippen molar-refractivity contribution in [3.8, 4) is 0 Å². The molecule has 2 aliphatic rings. The second-order valence-electron chi connectivity index (χ2n) is 5.67. The monoisotopic (exact) mass is 327 g/mol. The van der Waals surface area contributed by atoms with Gasteiger partial charge in [0.25, 0.3) is 0 Å². The summed E-state index contributed by atoms with van der Waals surface area (Å²) >= 11 is 0. The molecule has 1 atom stereocenters. The number of carboxylic acids is 1. The van der Waals surface area contributed by atoms with Crippen molar-refractivity contribution in [2.45, 2.75) is 38.2 Å². The predicted molar refractivity (Wildman–Crippen MR) is 69.6 cm³/mol. The molecular formula is C12H19F2NO5S. The van der Waals surface area contributed by atoms with Crippen molar-refractivity contribution in [2.75, 3.05) is 25.5 Å². The minimum atomic E-state index is -4.07. The summed E-state index contributed by atoms with van der Waals surface area (Å²) in [5, 5.41) is 9.07. The molecule has 1 unspecified atom stereocenters. The van der Waals surface area contributed by atoms with E-state index in [1.807, 2.05) is 0 Å². The van der Waals surface area contributed by atoms with Crippen LogP contribution in [0.15, 0.2) is 0 Å². The van der Waals surface area contributed by atoms with Crippen LogP contribution in [0.5, 0.6) is 0 Å². The molecule has 2 rings (SSSR count). The Bertz CT molecular complexity index is 490. The van der Waals surface area contributed by atoms with Gasteiger partial charge in [0.05, 0.1) is 19.0 Å². The molecular weight excluding hydrogens is 308 g/mol. The van der Waals surface area contributed by atoms with Crippen molar-refractivity contribution in [1.82, 2.24) is 4.31 Å². The molecule has 1 N–H and O–H groups in total. The van der Waals surface area contributed by atoms with Crippen molar-refractivity contribution < 1.29 is 31.8 Å². The molecule has 1 saturated carbocycles. The minimum Gasteiger partial charge on any atom is -0.480 e. The number of hydrogen-bond donors (Lipinski definition) is 1. The molecule has 0 amide bonds. The lowest BCUT2D eigenvalue weighted by molar-refractivity contribution is -0.146. The van der Waals surface area contributed by atoms with E-state index in [9.17, 15) is 22.0 Å². The number of hydrogen-bond acceptors (Lipinski definition) is 4. The fourth-order valence-electron chi connectivity index (χ4n) is 3.07. The molecule has 0 spiro atoms. The summed E-state index contributed by atoms with van der Waals surface area (Å²) in [6.07, 6.45) is -1.26. The van der Waals surface area contributed by atoms with Gasteiger partial charge in [-0.3, -0.25) is 4.79 Å². The van der Waals surface area contributed by atoms with E-state index in [4.69, 9.17) is 9.84 Å². The van der Waals surface area contributed by atoms with Gasteiger partial charge in [-0.2, -0.15) is 4.31 Å². The van der Waals surface area contributed by atoms with E-state index in [0.29, 0.717) is 12.8 Å². The van der Waals surface area contributed by atoms with E-state index >= 15 is 0 Å². The molecule has 1 aliphatic carbocycles. The molecule has 0 aromatic carbocycles. The number of aliphatic carboxylic acids is 1. The SMILES string of the molecule is O=C(O)C1COCCN1S(=O)(=O)CC1(C(F)F)CCCC1. The van der Waals surface area contributed by atoms with Crippen LogP contribution in [0.2, 0.25) is 0 Å². The number of alkyl halides is 2. The van der Waals surface area contributed by atoms with Gasteiger partial charge in [-0.05, 0) is 12.8 Å². The second-order valence-corrected chi connectivity index (χ2v) is 7.59. The van der Waals surface area contributed by atoms with Crippen LogP contribution in [0.1, 0.15) is 25.7 Å². The summed E-state index contributed by atoms with van der Waals surface area (Å²) in [7, 11) is -4.07. The van der Waals surface area contributed by atoms with Crippen LogP contribution in [-0.4, -0.2) is 61.8 Å². The van der Waals surface area contributed by atoms with Gasteiger partial charge in [-0.25, -0.2) is 17.2 Å². The Kier molecular flexibility index (Phi) is 4.84. The number of carbonyl (C=O) groups is 1. The summed E-state index contributed by atoms with van der Waals surface area (Å²) in [5.41, 5.74) is -1.54. The normalized spacial score (nSPS) is 27.1. The molecule has 0 aromatic heterocycles. The Labute approximate surface area is 122 Å².